The Kier molecular flexibility index (Phi) is 5.15. The molecular weight excluding hydrogens is 258 g/mol. The zero-order valence-corrected chi connectivity index (χ0v) is 11.8. The van der Waals surface area contributed by atoms with Crippen LogP contribution in [0.5, 0.6) is 0 Å². The summed E-state index contributed by atoms with van der Waals surface area (Å²) in [5, 5.41) is 0. The first kappa shape index (κ1) is 14.6. The topological polar surface area (TPSA) is 75.3 Å². The minimum atomic E-state index is -0.265. The summed E-state index contributed by atoms with van der Waals surface area (Å²) >= 11 is 0. The van der Waals surface area contributed by atoms with E-state index in [2.05, 4.69) is 14.7 Å². The van der Waals surface area contributed by atoms with Gasteiger partial charge in [-0.15, -0.1) is 0 Å². The van der Waals surface area contributed by atoms with Crippen LogP contribution in [0, 0.1) is 0 Å². The van der Waals surface area contributed by atoms with Crippen LogP contribution in [-0.2, 0) is 14.3 Å². The zero-order chi connectivity index (χ0) is 14.4. The van der Waals surface area contributed by atoms with Crippen LogP contribution in [0.25, 0.3) is 0 Å². The predicted molar refractivity (Wildman–Crippen MR) is 72.8 cm³/mol. The molecule has 1 N–H and O–H groups in total. The fraction of sp³-hybridized carbons (Fsp3) is 0.643. The minimum absolute atomic E-state index is 0.0457. The van der Waals surface area contributed by atoms with E-state index in [9.17, 15) is 9.59 Å². The molecule has 0 aromatic carbocycles. The number of methoxy groups -OCH3 is 1. The van der Waals surface area contributed by atoms with Crippen molar-refractivity contribution in [2.45, 2.75) is 44.6 Å². The number of aromatic amines is 1. The van der Waals surface area contributed by atoms with Gasteiger partial charge in [0.2, 0.25) is 5.91 Å². The maximum absolute atomic E-state index is 12.3. The van der Waals surface area contributed by atoms with E-state index in [1.54, 1.807) is 12.4 Å². The molecule has 1 aromatic rings. The number of esters is 1. The monoisotopic (exact) mass is 279 g/mol. The third-order valence-corrected chi connectivity index (χ3v) is 3.66. The van der Waals surface area contributed by atoms with Gasteiger partial charge in [0.15, 0.2) is 0 Å². The van der Waals surface area contributed by atoms with Crippen molar-refractivity contribution in [1.29, 1.82) is 0 Å². The molecule has 110 valence electrons. The van der Waals surface area contributed by atoms with E-state index in [4.69, 9.17) is 0 Å². The van der Waals surface area contributed by atoms with E-state index in [0.29, 0.717) is 19.3 Å². The second kappa shape index (κ2) is 7.07. The Labute approximate surface area is 118 Å². The van der Waals surface area contributed by atoms with E-state index in [1.165, 1.54) is 7.11 Å². The molecule has 1 aromatic heterocycles. The first-order valence-corrected chi connectivity index (χ1v) is 7.08. The Bertz CT molecular complexity index is 445. The number of hydrogen-bond donors (Lipinski definition) is 1. The zero-order valence-electron chi connectivity index (χ0n) is 11.8. The summed E-state index contributed by atoms with van der Waals surface area (Å²) < 4.78 is 4.58. The molecule has 1 saturated heterocycles. The molecule has 0 radical (unpaired) electrons. The Morgan fingerprint density at radius 3 is 3.00 bits per heavy atom. The van der Waals surface area contributed by atoms with Gasteiger partial charge in [-0.25, -0.2) is 4.98 Å². The number of nitrogens with zero attached hydrogens (tertiary/aromatic N) is 2. The molecule has 0 aliphatic carbocycles. The summed E-state index contributed by atoms with van der Waals surface area (Å²) in [6, 6.07) is 0.0457. The Balaban J connectivity index is 1.91. The van der Waals surface area contributed by atoms with Gasteiger partial charge in [-0.2, -0.15) is 0 Å². The lowest BCUT2D eigenvalue weighted by Crippen LogP contribution is -2.38. The second-order valence-electron chi connectivity index (χ2n) is 5.00. The van der Waals surface area contributed by atoms with Crippen LogP contribution in [0.15, 0.2) is 12.4 Å². The maximum atomic E-state index is 12.3. The van der Waals surface area contributed by atoms with Crippen LogP contribution >= 0.6 is 0 Å². The van der Waals surface area contributed by atoms with E-state index < -0.39 is 0 Å². The van der Waals surface area contributed by atoms with E-state index in [1.807, 2.05) is 4.90 Å². The molecule has 1 unspecified atom stereocenters. The number of aromatic nitrogens is 2. The summed E-state index contributed by atoms with van der Waals surface area (Å²) in [6.45, 7) is 0.766. The summed E-state index contributed by atoms with van der Waals surface area (Å²) in [4.78, 5) is 32.6. The summed E-state index contributed by atoms with van der Waals surface area (Å²) in [5.74, 6) is 0.681. The number of rotatable bonds is 5. The molecule has 6 heteroatoms. The molecule has 1 aliphatic rings. The smallest absolute Gasteiger partial charge is 0.305 e. The highest BCUT2D eigenvalue weighted by Crippen LogP contribution is 2.29. The van der Waals surface area contributed by atoms with E-state index >= 15 is 0 Å². The number of likely N-dealkylation sites (tertiary alicyclic amines) is 1. The normalized spacial score (nSPS) is 18.9. The number of amides is 1. The lowest BCUT2D eigenvalue weighted by molar-refractivity contribution is -0.141. The molecule has 1 atom stereocenters. The van der Waals surface area contributed by atoms with Crippen LogP contribution in [0.2, 0.25) is 0 Å². The molecule has 0 saturated carbocycles. The molecule has 20 heavy (non-hydrogen) atoms. The van der Waals surface area contributed by atoms with Crippen molar-refractivity contribution in [2.24, 2.45) is 0 Å². The molecule has 1 aliphatic heterocycles. The first-order valence-electron chi connectivity index (χ1n) is 7.08. The van der Waals surface area contributed by atoms with E-state index in [-0.39, 0.29) is 17.9 Å². The molecule has 6 nitrogen and oxygen atoms in total. The Morgan fingerprint density at radius 1 is 1.45 bits per heavy atom. The highest BCUT2D eigenvalue weighted by atomic mass is 16.5. The van der Waals surface area contributed by atoms with Crippen LogP contribution < -0.4 is 0 Å². The van der Waals surface area contributed by atoms with Crippen LogP contribution in [0.4, 0.5) is 0 Å². The van der Waals surface area contributed by atoms with Crippen LogP contribution in [0.3, 0.4) is 0 Å². The molecule has 1 fully saturated rings. The molecule has 0 bridgehead atoms. The van der Waals surface area contributed by atoms with Gasteiger partial charge in [0.1, 0.15) is 5.82 Å². The van der Waals surface area contributed by atoms with Gasteiger partial charge in [-0.3, -0.25) is 9.59 Å². The third kappa shape index (κ3) is 3.59. The number of piperidine rings is 1. The Hall–Kier alpha value is -1.85. The van der Waals surface area contributed by atoms with Crippen molar-refractivity contribution in [2.75, 3.05) is 13.7 Å². The van der Waals surface area contributed by atoms with Gasteiger partial charge in [-0.1, -0.05) is 0 Å². The number of imidazole rings is 1. The van der Waals surface area contributed by atoms with Crippen molar-refractivity contribution in [3.8, 4) is 0 Å². The van der Waals surface area contributed by atoms with Crippen molar-refractivity contribution >= 4 is 11.9 Å². The largest absolute Gasteiger partial charge is 0.469 e. The third-order valence-electron chi connectivity index (χ3n) is 3.66. The number of ether oxygens (including phenoxy) is 1. The Morgan fingerprint density at radius 2 is 2.30 bits per heavy atom. The average Bonchev–Trinajstić information content (AvgIpc) is 3.01. The van der Waals surface area contributed by atoms with Gasteiger partial charge in [0.05, 0.1) is 13.2 Å². The number of carbonyl (C=O) groups is 2. The van der Waals surface area contributed by atoms with Gasteiger partial charge >= 0.3 is 5.97 Å². The highest BCUT2D eigenvalue weighted by molar-refractivity contribution is 5.77. The first-order chi connectivity index (χ1) is 9.72. The van der Waals surface area contributed by atoms with Gasteiger partial charge in [0, 0.05) is 31.8 Å². The molecular formula is C14H21N3O3. The van der Waals surface area contributed by atoms with E-state index in [0.717, 1.165) is 31.6 Å². The predicted octanol–water partition coefficient (Wildman–Crippen LogP) is 1.81. The molecule has 2 rings (SSSR count). The lowest BCUT2D eigenvalue weighted by Gasteiger charge is -2.34. The second-order valence-corrected chi connectivity index (χ2v) is 5.00. The van der Waals surface area contributed by atoms with Crippen molar-refractivity contribution in [3.63, 3.8) is 0 Å². The van der Waals surface area contributed by atoms with Crippen LogP contribution in [0.1, 0.15) is 50.4 Å². The van der Waals surface area contributed by atoms with Gasteiger partial charge < -0.3 is 14.6 Å². The van der Waals surface area contributed by atoms with Gasteiger partial charge in [-0.05, 0) is 25.7 Å². The fourth-order valence-electron chi connectivity index (χ4n) is 2.60. The molecule has 1 amide bonds. The number of hydrogen-bond acceptors (Lipinski definition) is 4. The lowest BCUT2D eigenvalue weighted by atomic mass is 10.0. The minimum Gasteiger partial charge on any atom is -0.469 e. The SMILES string of the molecule is COC(=O)CCCC(=O)N1CCCCC1c1ncc[nH]1. The van der Waals surface area contributed by atoms with Crippen molar-refractivity contribution in [3.05, 3.63) is 18.2 Å². The summed E-state index contributed by atoms with van der Waals surface area (Å²) in [7, 11) is 1.36. The average molecular weight is 279 g/mol. The summed E-state index contributed by atoms with van der Waals surface area (Å²) in [5.41, 5.74) is 0. The van der Waals surface area contributed by atoms with Crippen molar-refractivity contribution in [1.82, 2.24) is 14.9 Å². The quantitative estimate of drug-likeness (QED) is 0.834. The summed E-state index contributed by atoms with van der Waals surface area (Å²) in [6.07, 6.45) is 7.78. The van der Waals surface area contributed by atoms with Crippen molar-refractivity contribution < 1.29 is 14.3 Å². The standard InChI is InChI=1S/C14H21N3O3/c1-20-13(19)7-4-6-12(18)17-10-3-2-5-11(17)14-15-8-9-16-14/h8-9,11H,2-7,10H2,1H3,(H,15,16). The number of H-pyrrole nitrogens is 1. The van der Waals surface area contributed by atoms with Gasteiger partial charge in [0.25, 0.3) is 0 Å². The number of nitrogens with one attached hydrogen (secondary N) is 1. The maximum Gasteiger partial charge on any atom is 0.305 e. The van der Waals surface area contributed by atoms with Crippen LogP contribution in [-0.4, -0.2) is 40.4 Å². The number of carbonyl (C=O) groups excluding carboxylic acids is 2. The fourth-order valence-corrected chi connectivity index (χ4v) is 2.60. The highest BCUT2D eigenvalue weighted by Gasteiger charge is 2.29. The molecule has 0 spiro atoms. The molecule has 2 heterocycles.